The molecular formula is C16H19Cl2NO3. The molecule has 1 heterocycles. The first-order valence-electron chi connectivity index (χ1n) is 7.27. The van der Waals surface area contributed by atoms with Gasteiger partial charge in [0.15, 0.2) is 0 Å². The van der Waals surface area contributed by atoms with Crippen molar-refractivity contribution in [2.45, 2.75) is 32.6 Å². The SMILES string of the molecule is CC1(C(=O)O)CCN(C(=O)CCCc2ccc(Cl)c(Cl)c2)C1. The van der Waals surface area contributed by atoms with E-state index < -0.39 is 11.4 Å². The molecule has 0 bridgehead atoms. The summed E-state index contributed by atoms with van der Waals surface area (Å²) >= 11 is 11.8. The van der Waals surface area contributed by atoms with E-state index in [0.29, 0.717) is 42.4 Å². The third-order valence-corrected chi connectivity index (χ3v) is 4.92. The molecule has 1 aliphatic heterocycles. The van der Waals surface area contributed by atoms with E-state index in [4.69, 9.17) is 23.2 Å². The Morgan fingerprint density at radius 3 is 2.64 bits per heavy atom. The van der Waals surface area contributed by atoms with E-state index in [1.807, 2.05) is 12.1 Å². The van der Waals surface area contributed by atoms with E-state index in [9.17, 15) is 14.7 Å². The lowest BCUT2D eigenvalue weighted by Gasteiger charge is -2.20. The van der Waals surface area contributed by atoms with Crippen LogP contribution in [-0.2, 0) is 16.0 Å². The number of rotatable bonds is 5. The molecule has 2 rings (SSSR count). The summed E-state index contributed by atoms with van der Waals surface area (Å²) < 4.78 is 0. The number of carboxylic acids is 1. The molecule has 1 N–H and O–H groups in total. The minimum absolute atomic E-state index is 0.0186. The van der Waals surface area contributed by atoms with Gasteiger partial charge in [0.2, 0.25) is 5.91 Å². The van der Waals surface area contributed by atoms with Crippen molar-refractivity contribution in [1.82, 2.24) is 4.90 Å². The lowest BCUT2D eigenvalue weighted by Crippen LogP contribution is -2.34. The number of carboxylic acid groups (broad SMARTS) is 1. The normalized spacial score (nSPS) is 21.1. The predicted molar refractivity (Wildman–Crippen MR) is 86.3 cm³/mol. The number of aliphatic carboxylic acids is 1. The molecule has 1 aliphatic rings. The molecule has 1 atom stereocenters. The summed E-state index contributed by atoms with van der Waals surface area (Å²) in [5.41, 5.74) is 0.235. The molecule has 0 radical (unpaired) electrons. The summed E-state index contributed by atoms with van der Waals surface area (Å²) in [6, 6.07) is 5.46. The van der Waals surface area contributed by atoms with Crippen LogP contribution >= 0.6 is 23.2 Å². The van der Waals surface area contributed by atoms with Crippen LogP contribution in [0.4, 0.5) is 0 Å². The Bertz CT molecular complexity index is 591. The number of carbonyl (C=O) groups excluding carboxylic acids is 1. The number of benzene rings is 1. The Morgan fingerprint density at radius 1 is 1.32 bits per heavy atom. The van der Waals surface area contributed by atoms with E-state index in [2.05, 4.69) is 0 Å². The second kappa shape index (κ2) is 6.88. The minimum atomic E-state index is -0.835. The third-order valence-electron chi connectivity index (χ3n) is 4.18. The number of amides is 1. The molecule has 1 aromatic rings. The average molecular weight is 344 g/mol. The number of carbonyl (C=O) groups is 2. The number of aryl methyl sites for hydroxylation is 1. The third kappa shape index (κ3) is 3.93. The fraction of sp³-hybridized carbons (Fsp3) is 0.500. The number of likely N-dealkylation sites (tertiary alicyclic amines) is 1. The van der Waals surface area contributed by atoms with Crippen LogP contribution in [-0.4, -0.2) is 35.0 Å². The molecule has 1 unspecified atom stereocenters. The van der Waals surface area contributed by atoms with Gasteiger partial charge in [-0.3, -0.25) is 9.59 Å². The standard InChI is InChI=1S/C16H19Cl2NO3/c1-16(15(21)22)7-8-19(10-16)14(20)4-2-3-11-5-6-12(17)13(18)9-11/h5-6,9H,2-4,7-8,10H2,1H3,(H,21,22). The Balaban J connectivity index is 1.81. The van der Waals surface area contributed by atoms with Crippen molar-refractivity contribution >= 4 is 35.1 Å². The van der Waals surface area contributed by atoms with Crippen molar-refractivity contribution in [2.75, 3.05) is 13.1 Å². The second-order valence-electron chi connectivity index (χ2n) is 6.03. The highest BCUT2D eigenvalue weighted by molar-refractivity contribution is 6.42. The van der Waals surface area contributed by atoms with E-state index in [1.54, 1.807) is 17.9 Å². The quantitative estimate of drug-likeness (QED) is 0.887. The van der Waals surface area contributed by atoms with Crippen LogP contribution in [0, 0.1) is 5.41 Å². The molecule has 0 saturated carbocycles. The van der Waals surface area contributed by atoms with Crippen molar-refractivity contribution in [1.29, 1.82) is 0 Å². The Labute approximate surface area is 140 Å². The zero-order chi connectivity index (χ0) is 16.3. The molecule has 0 aliphatic carbocycles. The number of halogens is 2. The lowest BCUT2D eigenvalue weighted by atomic mass is 9.90. The van der Waals surface area contributed by atoms with Crippen molar-refractivity contribution < 1.29 is 14.7 Å². The van der Waals surface area contributed by atoms with Gasteiger partial charge >= 0.3 is 5.97 Å². The predicted octanol–water partition coefficient (Wildman–Crippen LogP) is 3.64. The lowest BCUT2D eigenvalue weighted by molar-refractivity contribution is -0.147. The van der Waals surface area contributed by atoms with Gasteiger partial charge in [0, 0.05) is 19.5 Å². The highest BCUT2D eigenvalue weighted by atomic mass is 35.5. The Morgan fingerprint density at radius 2 is 2.05 bits per heavy atom. The van der Waals surface area contributed by atoms with Gasteiger partial charge in [-0.1, -0.05) is 29.3 Å². The van der Waals surface area contributed by atoms with Gasteiger partial charge in [0.1, 0.15) is 0 Å². The first-order valence-corrected chi connectivity index (χ1v) is 8.02. The van der Waals surface area contributed by atoms with E-state index in [0.717, 1.165) is 12.0 Å². The monoisotopic (exact) mass is 343 g/mol. The van der Waals surface area contributed by atoms with Gasteiger partial charge in [0.05, 0.1) is 15.5 Å². The fourth-order valence-corrected chi connectivity index (χ4v) is 2.97. The van der Waals surface area contributed by atoms with Crippen LogP contribution in [0.5, 0.6) is 0 Å². The van der Waals surface area contributed by atoms with Crippen molar-refractivity contribution in [3.05, 3.63) is 33.8 Å². The van der Waals surface area contributed by atoms with Crippen LogP contribution in [0.1, 0.15) is 31.7 Å². The number of hydrogen-bond donors (Lipinski definition) is 1. The highest BCUT2D eigenvalue weighted by Crippen LogP contribution is 2.30. The van der Waals surface area contributed by atoms with E-state index >= 15 is 0 Å². The van der Waals surface area contributed by atoms with Crippen LogP contribution in [0.2, 0.25) is 10.0 Å². The summed E-state index contributed by atoms with van der Waals surface area (Å²) in [6.45, 7) is 2.51. The molecule has 1 aromatic carbocycles. The second-order valence-corrected chi connectivity index (χ2v) is 6.85. The van der Waals surface area contributed by atoms with Crippen LogP contribution < -0.4 is 0 Å². The van der Waals surface area contributed by atoms with Crippen molar-refractivity contribution in [3.8, 4) is 0 Å². The molecule has 1 fully saturated rings. The first-order chi connectivity index (χ1) is 10.3. The zero-order valence-electron chi connectivity index (χ0n) is 12.4. The van der Waals surface area contributed by atoms with Crippen LogP contribution in [0.15, 0.2) is 18.2 Å². The zero-order valence-corrected chi connectivity index (χ0v) is 14.0. The molecular weight excluding hydrogens is 325 g/mol. The Kier molecular flexibility index (Phi) is 5.35. The van der Waals surface area contributed by atoms with Gasteiger partial charge in [-0.25, -0.2) is 0 Å². The van der Waals surface area contributed by atoms with Gasteiger partial charge in [-0.05, 0) is 43.9 Å². The van der Waals surface area contributed by atoms with Gasteiger partial charge in [0.25, 0.3) is 0 Å². The highest BCUT2D eigenvalue weighted by Gasteiger charge is 2.41. The van der Waals surface area contributed by atoms with Crippen LogP contribution in [0.3, 0.4) is 0 Å². The van der Waals surface area contributed by atoms with Gasteiger partial charge in [-0.2, -0.15) is 0 Å². The van der Waals surface area contributed by atoms with E-state index in [-0.39, 0.29) is 5.91 Å². The number of hydrogen-bond acceptors (Lipinski definition) is 2. The molecule has 1 saturated heterocycles. The topological polar surface area (TPSA) is 57.6 Å². The summed E-state index contributed by atoms with van der Waals surface area (Å²) in [5.74, 6) is -0.816. The number of nitrogens with zero attached hydrogens (tertiary/aromatic N) is 1. The largest absolute Gasteiger partial charge is 0.481 e. The smallest absolute Gasteiger partial charge is 0.311 e. The summed E-state index contributed by atoms with van der Waals surface area (Å²) in [4.78, 5) is 25.0. The summed E-state index contributed by atoms with van der Waals surface area (Å²) in [6.07, 6.45) is 2.38. The Hall–Kier alpha value is -1.26. The van der Waals surface area contributed by atoms with Gasteiger partial charge in [-0.15, -0.1) is 0 Å². The van der Waals surface area contributed by atoms with Crippen molar-refractivity contribution in [2.24, 2.45) is 5.41 Å². The minimum Gasteiger partial charge on any atom is -0.481 e. The molecule has 0 aromatic heterocycles. The van der Waals surface area contributed by atoms with Crippen molar-refractivity contribution in [3.63, 3.8) is 0 Å². The summed E-state index contributed by atoms with van der Waals surface area (Å²) in [7, 11) is 0. The molecule has 22 heavy (non-hydrogen) atoms. The molecule has 4 nitrogen and oxygen atoms in total. The summed E-state index contributed by atoms with van der Waals surface area (Å²) in [5, 5.41) is 10.2. The van der Waals surface area contributed by atoms with Crippen LogP contribution in [0.25, 0.3) is 0 Å². The maximum absolute atomic E-state index is 12.2. The average Bonchev–Trinajstić information content (AvgIpc) is 2.87. The molecule has 0 spiro atoms. The first kappa shape index (κ1) is 17.1. The maximum Gasteiger partial charge on any atom is 0.311 e. The fourth-order valence-electron chi connectivity index (χ4n) is 2.65. The molecule has 1 amide bonds. The van der Waals surface area contributed by atoms with Gasteiger partial charge < -0.3 is 10.0 Å². The molecule has 6 heteroatoms. The van der Waals surface area contributed by atoms with E-state index in [1.165, 1.54) is 0 Å². The molecule has 120 valence electrons. The maximum atomic E-state index is 12.2.